The summed E-state index contributed by atoms with van der Waals surface area (Å²) in [7, 11) is 0. The van der Waals surface area contributed by atoms with Crippen molar-refractivity contribution < 1.29 is 0 Å². The van der Waals surface area contributed by atoms with Crippen molar-refractivity contribution in [1.82, 2.24) is 14.5 Å². The lowest BCUT2D eigenvalue weighted by Crippen LogP contribution is -2.33. The summed E-state index contributed by atoms with van der Waals surface area (Å²) in [6.07, 6.45) is 0. The van der Waals surface area contributed by atoms with E-state index >= 15 is 0 Å². The van der Waals surface area contributed by atoms with Crippen LogP contribution in [0.2, 0.25) is 0 Å². The van der Waals surface area contributed by atoms with Crippen LogP contribution in [0.3, 0.4) is 0 Å². The third-order valence-corrected chi connectivity index (χ3v) is 11.9. The topological polar surface area (TPSA) is 30.7 Å². The fourth-order valence-electron chi connectivity index (χ4n) is 9.52. The molecular formula is C53H31N3. The molecular weight excluding hydrogens is 679 g/mol. The monoisotopic (exact) mass is 709 g/mol. The molecule has 0 amide bonds. The van der Waals surface area contributed by atoms with Gasteiger partial charge in [-0.05, 0) is 81.4 Å². The quantitative estimate of drug-likeness (QED) is 0.182. The number of aromatic nitrogens is 3. The Balaban J connectivity index is 1.08. The highest BCUT2D eigenvalue weighted by molar-refractivity contribution is 6.12. The normalized spacial score (nSPS) is 14.7. The summed E-state index contributed by atoms with van der Waals surface area (Å²) in [5, 5.41) is 2.54. The Bertz CT molecular complexity index is 3140. The average Bonchev–Trinajstić information content (AvgIpc) is 3.77. The zero-order valence-corrected chi connectivity index (χ0v) is 30.2. The Kier molecular flexibility index (Phi) is 6.47. The molecule has 8 aromatic carbocycles. The molecule has 12 rings (SSSR count). The average molecular weight is 710 g/mol. The van der Waals surface area contributed by atoms with Gasteiger partial charge < -0.3 is 4.57 Å². The maximum Gasteiger partial charge on any atom is 0.160 e. The molecule has 0 fully saturated rings. The molecule has 2 aliphatic rings. The number of rotatable bonds is 4. The SMILES string of the molecule is c1ccc2c(c#1)-c1ccc(-c3cccc(-c4cc(-c5ccccc5)nc(-c5ccccc5)n4)c3)cc1C21c2ccccc2-n2c3ccccc3c3cccc1c32. The molecule has 1 unspecified atom stereocenters. The molecule has 10 aromatic rings. The first kappa shape index (κ1) is 30.9. The first-order valence-corrected chi connectivity index (χ1v) is 19.1. The summed E-state index contributed by atoms with van der Waals surface area (Å²) < 4.78 is 2.49. The fourth-order valence-corrected chi connectivity index (χ4v) is 9.52. The molecule has 258 valence electrons. The number of benzene rings is 7. The molecule has 3 heterocycles. The molecule has 2 aromatic heterocycles. The molecule has 0 radical (unpaired) electrons. The maximum atomic E-state index is 5.15. The molecule has 3 heteroatoms. The molecule has 3 nitrogen and oxygen atoms in total. The Hall–Kier alpha value is -7.54. The first-order valence-electron chi connectivity index (χ1n) is 19.1. The highest BCUT2D eigenvalue weighted by Gasteiger charge is 2.51. The van der Waals surface area contributed by atoms with Crippen LogP contribution in [0.5, 0.6) is 0 Å². The second-order valence-electron chi connectivity index (χ2n) is 14.7. The second kappa shape index (κ2) is 11.7. The lowest BCUT2D eigenvalue weighted by Gasteiger charge is -2.39. The maximum absolute atomic E-state index is 5.15. The zero-order valence-electron chi connectivity index (χ0n) is 30.2. The van der Waals surface area contributed by atoms with Crippen LogP contribution in [0.1, 0.15) is 22.3 Å². The van der Waals surface area contributed by atoms with E-state index in [1.54, 1.807) is 0 Å². The van der Waals surface area contributed by atoms with E-state index in [1.807, 2.05) is 30.3 Å². The van der Waals surface area contributed by atoms with E-state index in [-0.39, 0.29) is 0 Å². The smallest absolute Gasteiger partial charge is 0.160 e. The van der Waals surface area contributed by atoms with Crippen LogP contribution < -0.4 is 0 Å². The molecule has 1 spiro atoms. The molecule has 1 atom stereocenters. The van der Waals surface area contributed by atoms with E-state index in [9.17, 15) is 0 Å². The van der Waals surface area contributed by atoms with Gasteiger partial charge in [0.1, 0.15) is 0 Å². The van der Waals surface area contributed by atoms with Crippen LogP contribution >= 0.6 is 0 Å². The molecule has 0 saturated carbocycles. The van der Waals surface area contributed by atoms with Gasteiger partial charge in [-0.1, -0.05) is 158 Å². The molecule has 1 aliphatic heterocycles. The van der Waals surface area contributed by atoms with E-state index in [4.69, 9.17) is 9.97 Å². The first-order chi connectivity index (χ1) is 27.8. The third-order valence-electron chi connectivity index (χ3n) is 11.9. The summed E-state index contributed by atoms with van der Waals surface area (Å²) in [6, 6.07) is 74.3. The van der Waals surface area contributed by atoms with Gasteiger partial charge in [0.25, 0.3) is 0 Å². The summed E-state index contributed by atoms with van der Waals surface area (Å²) in [5.41, 5.74) is 17.7. The van der Waals surface area contributed by atoms with E-state index in [2.05, 4.69) is 174 Å². The summed E-state index contributed by atoms with van der Waals surface area (Å²) in [4.78, 5) is 10.2. The van der Waals surface area contributed by atoms with E-state index < -0.39 is 5.41 Å². The molecule has 0 bridgehead atoms. The lowest BCUT2D eigenvalue weighted by molar-refractivity contribution is 0.749. The van der Waals surface area contributed by atoms with Crippen molar-refractivity contribution in [2.45, 2.75) is 5.41 Å². The van der Waals surface area contributed by atoms with Crippen LogP contribution in [0.25, 0.3) is 83.6 Å². The van der Waals surface area contributed by atoms with Crippen molar-refractivity contribution in [2.24, 2.45) is 0 Å². The Morgan fingerprint density at radius 2 is 1.11 bits per heavy atom. The molecule has 0 saturated heterocycles. The predicted molar refractivity (Wildman–Crippen MR) is 227 cm³/mol. The highest BCUT2D eigenvalue weighted by Crippen LogP contribution is 2.61. The van der Waals surface area contributed by atoms with Crippen molar-refractivity contribution in [3.8, 4) is 61.8 Å². The number of fused-ring (bicyclic) bond motifs is 12. The number of para-hydroxylation sites is 3. The minimum absolute atomic E-state index is 0.549. The number of nitrogens with zero attached hydrogens (tertiary/aromatic N) is 3. The van der Waals surface area contributed by atoms with Gasteiger partial charge >= 0.3 is 0 Å². The third kappa shape index (κ3) is 4.24. The Labute approximate surface area is 324 Å². The van der Waals surface area contributed by atoms with Gasteiger partial charge in [0.05, 0.1) is 33.5 Å². The van der Waals surface area contributed by atoms with Gasteiger partial charge in [0.2, 0.25) is 0 Å². The summed E-state index contributed by atoms with van der Waals surface area (Å²) in [5.74, 6) is 0.709. The van der Waals surface area contributed by atoms with Gasteiger partial charge in [0, 0.05) is 33.0 Å². The van der Waals surface area contributed by atoms with Crippen molar-refractivity contribution in [3.05, 3.63) is 222 Å². The highest BCUT2D eigenvalue weighted by atomic mass is 15.0. The van der Waals surface area contributed by atoms with Crippen LogP contribution in [0.4, 0.5) is 0 Å². The van der Waals surface area contributed by atoms with Crippen molar-refractivity contribution in [1.29, 1.82) is 0 Å². The standard InChI is InChI=1S/C53H31N3/c1-3-15-34(16-4-1)47-33-48(55-52(54-47)35-17-5-2-6-18-35)38-20-13-19-36(31-38)37-29-30-40-39-21-7-9-24-43(39)53(46(40)32-37)44-25-10-12-28-50(44)56-49-27-11-8-22-41(49)42-23-14-26-45(53)51(42)56/h1-6,8-20,22-33H. The van der Waals surface area contributed by atoms with Crippen molar-refractivity contribution in [2.75, 3.05) is 0 Å². The number of hydrogen-bond acceptors (Lipinski definition) is 2. The van der Waals surface area contributed by atoms with E-state index in [0.717, 1.165) is 44.8 Å². The summed E-state index contributed by atoms with van der Waals surface area (Å²) in [6.45, 7) is 0. The van der Waals surface area contributed by atoms with E-state index in [0.29, 0.717) is 5.82 Å². The van der Waals surface area contributed by atoms with Gasteiger partial charge in [-0.3, -0.25) is 0 Å². The van der Waals surface area contributed by atoms with Crippen LogP contribution in [-0.4, -0.2) is 14.5 Å². The minimum atomic E-state index is -0.549. The van der Waals surface area contributed by atoms with Gasteiger partial charge in [-0.25, -0.2) is 9.97 Å². The molecule has 56 heavy (non-hydrogen) atoms. The molecule has 1 aliphatic carbocycles. The Morgan fingerprint density at radius 1 is 0.446 bits per heavy atom. The zero-order chi connectivity index (χ0) is 36.8. The van der Waals surface area contributed by atoms with Gasteiger partial charge in [0.15, 0.2) is 5.82 Å². The lowest BCUT2D eigenvalue weighted by atomic mass is 9.65. The largest absolute Gasteiger partial charge is 0.309 e. The molecule has 0 N–H and O–H groups in total. The Morgan fingerprint density at radius 3 is 1.98 bits per heavy atom. The predicted octanol–water partition coefficient (Wildman–Crippen LogP) is 12.5. The fraction of sp³-hybridized carbons (Fsp3) is 0.0189. The second-order valence-corrected chi connectivity index (χ2v) is 14.7. The van der Waals surface area contributed by atoms with Gasteiger partial charge in [-0.2, -0.15) is 0 Å². The van der Waals surface area contributed by atoms with Crippen molar-refractivity contribution >= 4 is 21.8 Å². The van der Waals surface area contributed by atoms with Crippen LogP contribution in [0.15, 0.2) is 188 Å². The minimum Gasteiger partial charge on any atom is -0.309 e. The van der Waals surface area contributed by atoms with Crippen LogP contribution in [-0.2, 0) is 5.41 Å². The van der Waals surface area contributed by atoms with Gasteiger partial charge in [-0.15, -0.1) is 0 Å². The number of hydrogen-bond donors (Lipinski definition) is 0. The van der Waals surface area contributed by atoms with Crippen molar-refractivity contribution in [3.63, 3.8) is 0 Å². The van der Waals surface area contributed by atoms with Crippen LogP contribution in [0, 0.1) is 12.1 Å². The summed E-state index contributed by atoms with van der Waals surface area (Å²) >= 11 is 0. The van der Waals surface area contributed by atoms with E-state index in [1.165, 1.54) is 55.3 Å².